The number of β-lactam (4-membered cyclic amide) rings is 1. The lowest BCUT2D eigenvalue weighted by Gasteiger charge is -2.34. The highest BCUT2D eigenvalue weighted by atomic mass is 32.2. The first-order valence-electron chi connectivity index (χ1n) is 10.0. The Balaban J connectivity index is 1.32. The van der Waals surface area contributed by atoms with Crippen LogP contribution in [-0.2, 0) is 24.2 Å². The van der Waals surface area contributed by atoms with Crippen molar-refractivity contribution in [2.24, 2.45) is 0 Å². The van der Waals surface area contributed by atoms with Crippen LogP contribution >= 0.6 is 0 Å². The molecule has 0 bridgehead atoms. The van der Waals surface area contributed by atoms with Gasteiger partial charge in [0.1, 0.15) is 17.2 Å². The minimum Gasteiger partial charge on any atom is -0.504 e. The van der Waals surface area contributed by atoms with E-state index in [0.717, 1.165) is 11.0 Å². The number of nitrogens with one attached hydrogen (secondary N) is 1. The molecule has 13 nitrogen and oxygen atoms in total. The number of amides is 3. The normalized spacial score (nSPS) is 27.6. The molecule has 3 fully saturated rings. The third-order valence-corrected chi connectivity index (χ3v) is 8.44. The number of carboxylic acid groups (broad SMARTS) is 1. The number of carbonyl (C=O) groups is 4. The summed E-state index contributed by atoms with van der Waals surface area (Å²) in [5, 5.41) is 28.0. The molecule has 33 heavy (non-hydrogen) atoms. The zero-order chi connectivity index (χ0) is 24.1. The molecule has 3 aliphatic rings. The summed E-state index contributed by atoms with van der Waals surface area (Å²) in [4.78, 5) is 50.2. The summed E-state index contributed by atoms with van der Waals surface area (Å²) in [7, 11) is -4.01. The number of aromatic hydroxyl groups is 2. The summed E-state index contributed by atoms with van der Waals surface area (Å²) in [6.07, 6.45) is -0.884. The molecule has 0 saturated carbocycles. The summed E-state index contributed by atoms with van der Waals surface area (Å²) in [5.41, 5.74) is 0.152. The standard InChI is InChI=1S/C19H21N3O10S/c23-11-2-1-9(5-12(11)24)17(26)21-4-3-10(7-21)20-19(29)32-8-13-16(18(27)28)22-14(25)6-15(22)33(13,30)31/h1-2,5,10,13,15-16,23-24H,3-4,6-8H2,(H,20,29)(H,27,28)/t10?,13-,15+,16+/m0/s1. The van der Waals surface area contributed by atoms with Crippen molar-refractivity contribution < 1.29 is 47.7 Å². The number of benzene rings is 1. The summed E-state index contributed by atoms with van der Waals surface area (Å²) >= 11 is 0. The van der Waals surface area contributed by atoms with Gasteiger partial charge in [-0.15, -0.1) is 0 Å². The Morgan fingerprint density at radius 1 is 1.18 bits per heavy atom. The first-order chi connectivity index (χ1) is 15.5. The molecule has 4 rings (SSSR count). The predicted molar refractivity (Wildman–Crippen MR) is 108 cm³/mol. The number of sulfone groups is 1. The van der Waals surface area contributed by atoms with E-state index in [1.54, 1.807) is 0 Å². The van der Waals surface area contributed by atoms with Crippen molar-refractivity contribution in [3.05, 3.63) is 23.8 Å². The lowest BCUT2D eigenvalue weighted by molar-refractivity contribution is -0.156. The predicted octanol–water partition coefficient (Wildman–Crippen LogP) is -1.15. The molecule has 4 atom stereocenters. The number of hydrogen-bond acceptors (Lipinski definition) is 9. The molecule has 1 aromatic rings. The number of alkyl carbamates (subject to hydrolysis) is 1. The number of carboxylic acids is 1. The Morgan fingerprint density at radius 2 is 1.91 bits per heavy atom. The van der Waals surface area contributed by atoms with Gasteiger partial charge >= 0.3 is 12.1 Å². The van der Waals surface area contributed by atoms with E-state index in [2.05, 4.69) is 5.32 Å². The van der Waals surface area contributed by atoms with Gasteiger partial charge in [0.15, 0.2) is 27.4 Å². The maximum absolute atomic E-state index is 12.5. The van der Waals surface area contributed by atoms with E-state index in [1.807, 2.05) is 0 Å². The van der Waals surface area contributed by atoms with Crippen LogP contribution in [0.5, 0.6) is 11.5 Å². The topological polar surface area (TPSA) is 191 Å². The van der Waals surface area contributed by atoms with Crippen LogP contribution in [0.15, 0.2) is 18.2 Å². The molecular formula is C19H21N3O10S. The lowest BCUT2D eigenvalue weighted by atomic mass is 10.1. The average molecular weight is 483 g/mol. The molecule has 0 spiro atoms. The van der Waals surface area contributed by atoms with Crippen molar-refractivity contribution in [3.63, 3.8) is 0 Å². The van der Waals surface area contributed by atoms with Gasteiger partial charge in [-0.1, -0.05) is 0 Å². The van der Waals surface area contributed by atoms with Crippen LogP contribution < -0.4 is 5.32 Å². The molecule has 0 aliphatic carbocycles. The minimum absolute atomic E-state index is 0.124. The summed E-state index contributed by atoms with van der Waals surface area (Å²) in [6.45, 7) is -0.310. The number of phenols is 2. The highest BCUT2D eigenvalue weighted by Crippen LogP contribution is 2.39. The fourth-order valence-corrected chi connectivity index (χ4v) is 6.51. The average Bonchev–Trinajstić information content (AvgIpc) is 3.26. The van der Waals surface area contributed by atoms with E-state index < -0.39 is 68.8 Å². The number of fused-ring (bicyclic) bond motifs is 1. The van der Waals surface area contributed by atoms with Crippen molar-refractivity contribution in [1.29, 1.82) is 0 Å². The summed E-state index contributed by atoms with van der Waals surface area (Å²) < 4.78 is 30.0. The molecule has 1 unspecified atom stereocenters. The van der Waals surface area contributed by atoms with Crippen molar-refractivity contribution in [2.45, 2.75) is 35.5 Å². The molecule has 3 aliphatic heterocycles. The van der Waals surface area contributed by atoms with Crippen LogP contribution in [0.25, 0.3) is 0 Å². The number of nitrogens with zero attached hydrogens (tertiary/aromatic N) is 2. The van der Waals surface area contributed by atoms with Crippen LogP contribution in [0.1, 0.15) is 23.2 Å². The smallest absolute Gasteiger partial charge is 0.407 e. The first kappa shape index (κ1) is 22.6. The van der Waals surface area contributed by atoms with Crippen LogP contribution in [-0.4, -0.2) is 99.8 Å². The molecule has 1 aromatic carbocycles. The number of hydrogen-bond donors (Lipinski definition) is 4. The molecule has 14 heteroatoms. The fraction of sp³-hybridized carbons (Fsp3) is 0.474. The second kappa shape index (κ2) is 8.10. The van der Waals surface area contributed by atoms with Gasteiger partial charge in [0, 0.05) is 18.7 Å². The Labute approximate surface area is 187 Å². The van der Waals surface area contributed by atoms with Gasteiger partial charge in [-0.25, -0.2) is 18.0 Å². The van der Waals surface area contributed by atoms with Crippen molar-refractivity contribution >= 4 is 33.7 Å². The van der Waals surface area contributed by atoms with Crippen molar-refractivity contribution in [3.8, 4) is 11.5 Å². The number of phenolic OH excluding ortho intramolecular Hbond substituents is 2. The highest BCUT2D eigenvalue weighted by Gasteiger charge is 2.64. The third-order valence-electron chi connectivity index (χ3n) is 6.05. The van der Waals surface area contributed by atoms with E-state index in [1.165, 1.54) is 17.0 Å². The van der Waals surface area contributed by atoms with Gasteiger partial charge in [0.25, 0.3) is 5.91 Å². The first-order valence-corrected chi connectivity index (χ1v) is 11.6. The number of rotatable bonds is 5. The zero-order valence-electron chi connectivity index (χ0n) is 17.1. The Morgan fingerprint density at radius 3 is 2.55 bits per heavy atom. The van der Waals surface area contributed by atoms with Gasteiger partial charge in [-0.05, 0) is 24.6 Å². The zero-order valence-corrected chi connectivity index (χ0v) is 17.9. The van der Waals surface area contributed by atoms with Crippen molar-refractivity contribution in [1.82, 2.24) is 15.1 Å². The monoisotopic (exact) mass is 483 g/mol. The van der Waals surface area contributed by atoms with Gasteiger partial charge in [0.05, 0.1) is 12.5 Å². The molecular weight excluding hydrogens is 462 g/mol. The molecule has 0 radical (unpaired) electrons. The number of carbonyl (C=O) groups excluding carboxylic acids is 3. The Bertz CT molecular complexity index is 1140. The Kier molecular flexibility index (Phi) is 5.56. The fourth-order valence-electron chi connectivity index (χ4n) is 4.30. The van der Waals surface area contributed by atoms with E-state index in [4.69, 9.17) is 4.74 Å². The van der Waals surface area contributed by atoms with Crippen LogP contribution in [0.3, 0.4) is 0 Å². The van der Waals surface area contributed by atoms with E-state index in [-0.39, 0.29) is 24.3 Å². The van der Waals surface area contributed by atoms with E-state index >= 15 is 0 Å². The molecule has 0 aromatic heterocycles. The summed E-state index contributed by atoms with van der Waals surface area (Å²) in [5.74, 6) is -3.29. The van der Waals surface area contributed by atoms with Gasteiger partial charge in [-0.2, -0.15) is 0 Å². The largest absolute Gasteiger partial charge is 0.504 e. The van der Waals surface area contributed by atoms with Crippen LogP contribution in [0.4, 0.5) is 4.79 Å². The van der Waals surface area contributed by atoms with E-state index in [0.29, 0.717) is 13.0 Å². The van der Waals surface area contributed by atoms with E-state index in [9.17, 15) is 42.9 Å². The number of ether oxygens (including phenoxy) is 1. The quantitative estimate of drug-likeness (QED) is 0.294. The van der Waals surface area contributed by atoms with Gasteiger partial charge in [-0.3, -0.25) is 9.59 Å². The van der Waals surface area contributed by atoms with Crippen molar-refractivity contribution in [2.75, 3.05) is 19.7 Å². The number of likely N-dealkylation sites (tertiary alicyclic amines) is 1. The van der Waals surface area contributed by atoms with Gasteiger partial charge in [0.2, 0.25) is 5.91 Å². The van der Waals surface area contributed by atoms with Gasteiger partial charge < -0.3 is 35.2 Å². The minimum atomic E-state index is -4.01. The molecule has 3 saturated heterocycles. The maximum atomic E-state index is 12.5. The SMILES string of the molecule is O=C(NC1CCN(C(=O)c2ccc(O)c(O)c2)C1)OC[C@H]1[C@H](C(=O)O)N2C(=O)C[C@H]2S1(=O)=O. The molecule has 3 heterocycles. The number of aliphatic carboxylic acids is 1. The van der Waals surface area contributed by atoms with Crippen LogP contribution in [0, 0.1) is 0 Å². The van der Waals surface area contributed by atoms with Crippen LogP contribution in [0.2, 0.25) is 0 Å². The molecule has 4 N–H and O–H groups in total. The highest BCUT2D eigenvalue weighted by molar-refractivity contribution is 7.93. The summed E-state index contributed by atoms with van der Waals surface area (Å²) in [6, 6.07) is 1.55. The second-order valence-electron chi connectivity index (χ2n) is 8.05. The molecule has 3 amide bonds. The molecule has 178 valence electrons. The maximum Gasteiger partial charge on any atom is 0.407 e. The Hall–Kier alpha value is -3.55. The third kappa shape index (κ3) is 3.90. The lowest BCUT2D eigenvalue weighted by Crippen LogP contribution is -2.56. The second-order valence-corrected chi connectivity index (χ2v) is 10.4.